The van der Waals surface area contributed by atoms with Gasteiger partial charge in [-0.05, 0) is 17.7 Å². The Hall–Kier alpha value is -1.16. The topological polar surface area (TPSA) is 58.3 Å². The Balaban J connectivity index is 0.00000242. The summed E-state index contributed by atoms with van der Waals surface area (Å²) in [6.07, 6.45) is 1.56. The third-order valence-electron chi connectivity index (χ3n) is 3.12. The third-order valence-corrected chi connectivity index (χ3v) is 3.65. The van der Waals surface area contributed by atoms with Gasteiger partial charge in [0.05, 0.1) is 6.54 Å². The Morgan fingerprint density at radius 2 is 2.05 bits per heavy atom. The zero-order chi connectivity index (χ0) is 15.2. The average molecular weight is 479 g/mol. The highest BCUT2D eigenvalue weighted by Gasteiger charge is 2.09. The van der Waals surface area contributed by atoms with Crippen molar-refractivity contribution in [3.63, 3.8) is 0 Å². The maximum atomic E-state index is 4.30. The fraction of sp³-hybridized carbons (Fsp3) is 0.357. The minimum atomic E-state index is 0. The molecule has 1 aromatic heterocycles. The van der Waals surface area contributed by atoms with Gasteiger partial charge in [-0.3, -0.25) is 9.67 Å². The monoisotopic (exact) mass is 478 g/mol. The highest BCUT2D eigenvalue weighted by Crippen LogP contribution is 2.10. The summed E-state index contributed by atoms with van der Waals surface area (Å²) < 4.78 is 2.84. The van der Waals surface area contributed by atoms with Crippen LogP contribution in [0, 0.1) is 0 Å². The number of benzene rings is 1. The molecule has 1 aromatic carbocycles. The van der Waals surface area contributed by atoms with Crippen molar-refractivity contribution in [1.29, 1.82) is 0 Å². The Morgan fingerprint density at radius 1 is 1.36 bits per heavy atom. The van der Waals surface area contributed by atoms with Crippen LogP contribution in [0.1, 0.15) is 11.4 Å². The molecule has 8 heteroatoms. The molecule has 0 unspecified atom stereocenters. The number of hydrogen-bond acceptors (Lipinski definition) is 3. The molecule has 0 bridgehead atoms. The van der Waals surface area contributed by atoms with Gasteiger partial charge in [0.1, 0.15) is 12.2 Å². The van der Waals surface area contributed by atoms with Crippen LogP contribution in [0.15, 0.2) is 40.1 Å². The molecule has 0 aliphatic carbocycles. The molecule has 0 atom stereocenters. The summed E-state index contributed by atoms with van der Waals surface area (Å²) in [5.74, 6) is 1.71. The number of rotatable bonds is 4. The van der Waals surface area contributed by atoms with Crippen LogP contribution >= 0.6 is 39.9 Å². The lowest BCUT2D eigenvalue weighted by Gasteiger charge is -2.21. The second-order valence-corrected chi connectivity index (χ2v) is 5.60. The normalized spacial score (nSPS) is 11.0. The smallest absolute Gasteiger partial charge is 0.194 e. The molecule has 22 heavy (non-hydrogen) atoms. The standard InChI is InChI=1S/C14H19BrN6.HI/c1-16-14(17-8-11-4-6-12(15)7-5-11)20(2)9-13-18-10-19-21(13)3;/h4-7,10H,8-9H2,1-3H3,(H,16,17);1H. The molecule has 0 aliphatic rings. The van der Waals surface area contributed by atoms with Crippen LogP contribution in [0.4, 0.5) is 0 Å². The predicted octanol–water partition coefficient (Wildman–Crippen LogP) is 2.40. The molecule has 0 radical (unpaired) electrons. The van der Waals surface area contributed by atoms with Crippen molar-refractivity contribution in [2.45, 2.75) is 13.1 Å². The van der Waals surface area contributed by atoms with Gasteiger partial charge >= 0.3 is 0 Å². The van der Waals surface area contributed by atoms with Crippen LogP contribution < -0.4 is 5.32 Å². The molecule has 6 nitrogen and oxygen atoms in total. The van der Waals surface area contributed by atoms with E-state index >= 15 is 0 Å². The second-order valence-electron chi connectivity index (χ2n) is 4.68. The van der Waals surface area contributed by atoms with Gasteiger partial charge in [-0.1, -0.05) is 28.1 Å². The molecule has 1 heterocycles. The Kier molecular flexibility index (Phi) is 7.80. The largest absolute Gasteiger partial charge is 0.352 e. The van der Waals surface area contributed by atoms with E-state index in [1.54, 1.807) is 18.1 Å². The van der Waals surface area contributed by atoms with E-state index in [2.05, 4.69) is 48.5 Å². The van der Waals surface area contributed by atoms with Crippen LogP contribution in [0.5, 0.6) is 0 Å². The summed E-state index contributed by atoms with van der Waals surface area (Å²) in [4.78, 5) is 10.5. The number of aromatic nitrogens is 3. The van der Waals surface area contributed by atoms with E-state index < -0.39 is 0 Å². The van der Waals surface area contributed by atoms with Crippen molar-refractivity contribution in [3.05, 3.63) is 46.5 Å². The minimum absolute atomic E-state index is 0. The van der Waals surface area contributed by atoms with Crippen LogP contribution in [0.25, 0.3) is 0 Å². The van der Waals surface area contributed by atoms with Gasteiger partial charge in [0, 0.05) is 32.2 Å². The lowest BCUT2D eigenvalue weighted by Crippen LogP contribution is -2.38. The molecule has 0 saturated heterocycles. The summed E-state index contributed by atoms with van der Waals surface area (Å²) in [6.45, 7) is 1.37. The van der Waals surface area contributed by atoms with E-state index in [9.17, 15) is 0 Å². The van der Waals surface area contributed by atoms with Crippen LogP contribution in [-0.2, 0) is 20.1 Å². The van der Waals surface area contributed by atoms with E-state index in [-0.39, 0.29) is 24.0 Å². The first kappa shape index (κ1) is 18.9. The average Bonchev–Trinajstić information content (AvgIpc) is 2.87. The second kappa shape index (κ2) is 9.09. The van der Waals surface area contributed by atoms with Gasteiger partial charge in [0.25, 0.3) is 0 Å². The number of nitrogens with one attached hydrogen (secondary N) is 1. The predicted molar refractivity (Wildman–Crippen MR) is 102 cm³/mol. The number of aryl methyl sites for hydroxylation is 1. The molecule has 2 rings (SSSR count). The van der Waals surface area contributed by atoms with E-state index in [0.717, 1.165) is 22.8 Å². The first-order valence-electron chi connectivity index (χ1n) is 6.59. The molecule has 0 amide bonds. The van der Waals surface area contributed by atoms with Gasteiger partial charge in [0.15, 0.2) is 5.96 Å². The fourth-order valence-corrected chi connectivity index (χ4v) is 2.18. The highest BCUT2D eigenvalue weighted by atomic mass is 127. The molecule has 120 valence electrons. The van der Waals surface area contributed by atoms with Gasteiger partial charge in [0.2, 0.25) is 0 Å². The number of hydrogen-bond donors (Lipinski definition) is 1. The van der Waals surface area contributed by atoms with Crippen molar-refractivity contribution in [2.24, 2.45) is 12.0 Å². The molecule has 2 aromatic rings. The minimum Gasteiger partial charge on any atom is -0.352 e. The van der Waals surface area contributed by atoms with Crippen molar-refractivity contribution in [2.75, 3.05) is 14.1 Å². The summed E-state index contributed by atoms with van der Waals surface area (Å²) in [5, 5.41) is 7.41. The zero-order valence-corrected chi connectivity index (χ0v) is 16.7. The number of halogens is 2. The van der Waals surface area contributed by atoms with Gasteiger partial charge in [-0.2, -0.15) is 5.10 Å². The lowest BCUT2D eigenvalue weighted by molar-refractivity contribution is 0.448. The summed E-state index contributed by atoms with van der Waals surface area (Å²) in [6, 6.07) is 8.21. The first-order valence-corrected chi connectivity index (χ1v) is 7.38. The Labute approximate surface area is 156 Å². The van der Waals surface area contributed by atoms with E-state index in [1.807, 2.05) is 31.1 Å². The van der Waals surface area contributed by atoms with Crippen molar-refractivity contribution < 1.29 is 0 Å². The highest BCUT2D eigenvalue weighted by molar-refractivity contribution is 14.0. The maximum absolute atomic E-state index is 4.30. The molecular weight excluding hydrogens is 459 g/mol. The molecular formula is C14H20BrIN6. The van der Waals surface area contributed by atoms with Crippen molar-refractivity contribution in [3.8, 4) is 0 Å². The fourth-order valence-electron chi connectivity index (χ4n) is 1.92. The Morgan fingerprint density at radius 3 is 2.59 bits per heavy atom. The van der Waals surface area contributed by atoms with Gasteiger partial charge in [-0.25, -0.2) is 4.98 Å². The number of nitrogens with zero attached hydrogens (tertiary/aromatic N) is 5. The van der Waals surface area contributed by atoms with Gasteiger partial charge in [-0.15, -0.1) is 24.0 Å². The zero-order valence-electron chi connectivity index (χ0n) is 12.8. The molecule has 0 saturated carbocycles. The Bertz CT molecular complexity index is 610. The quantitative estimate of drug-likeness (QED) is 0.416. The van der Waals surface area contributed by atoms with Crippen LogP contribution in [-0.4, -0.2) is 39.7 Å². The van der Waals surface area contributed by atoms with E-state index in [4.69, 9.17) is 0 Å². The van der Waals surface area contributed by atoms with Crippen molar-refractivity contribution >= 4 is 45.9 Å². The maximum Gasteiger partial charge on any atom is 0.194 e. The van der Waals surface area contributed by atoms with Crippen LogP contribution in [0.3, 0.4) is 0 Å². The number of aliphatic imine (C=N–C) groups is 1. The SMILES string of the molecule is CN=C(NCc1ccc(Br)cc1)N(C)Cc1ncnn1C.I. The molecule has 0 aliphatic heterocycles. The van der Waals surface area contributed by atoms with E-state index in [1.165, 1.54) is 5.56 Å². The first-order chi connectivity index (χ1) is 10.1. The molecule has 0 spiro atoms. The van der Waals surface area contributed by atoms with Crippen LogP contribution in [0.2, 0.25) is 0 Å². The van der Waals surface area contributed by atoms with Gasteiger partial charge < -0.3 is 10.2 Å². The summed E-state index contributed by atoms with van der Waals surface area (Å²) >= 11 is 3.43. The molecule has 0 fully saturated rings. The lowest BCUT2D eigenvalue weighted by atomic mass is 10.2. The van der Waals surface area contributed by atoms with Crippen molar-refractivity contribution in [1.82, 2.24) is 25.0 Å². The number of guanidine groups is 1. The third kappa shape index (κ3) is 5.24. The summed E-state index contributed by atoms with van der Waals surface area (Å²) in [7, 11) is 5.64. The van der Waals surface area contributed by atoms with E-state index in [0.29, 0.717) is 6.54 Å². The summed E-state index contributed by atoms with van der Waals surface area (Å²) in [5.41, 5.74) is 1.20. The molecule has 1 N–H and O–H groups in total.